The van der Waals surface area contributed by atoms with Gasteiger partial charge in [0.2, 0.25) is 11.8 Å². The SMILES string of the molecule is CC(=O)Nc1ccc(CC(=O)N(C)Cc2cccc(F)c2)cc1. The van der Waals surface area contributed by atoms with Crippen molar-refractivity contribution in [3.8, 4) is 0 Å². The van der Waals surface area contributed by atoms with E-state index in [1.54, 1.807) is 48.3 Å². The number of amides is 2. The molecule has 0 radical (unpaired) electrons. The summed E-state index contributed by atoms with van der Waals surface area (Å²) in [6.45, 7) is 1.80. The number of nitrogens with one attached hydrogen (secondary N) is 1. The van der Waals surface area contributed by atoms with Crippen LogP contribution < -0.4 is 5.32 Å². The molecule has 0 saturated heterocycles. The minimum absolute atomic E-state index is 0.0541. The number of nitrogens with zero attached hydrogens (tertiary/aromatic N) is 1. The van der Waals surface area contributed by atoms with Crippen molar-refractivity contribution in [3.05, 3.63) is 65.5 Å². The zero-order valence-electron chi connectivity index (χ0n) is 13.2. The fourth-order valence-electron chi connectivity index (χ4n) is 2.22. The van der Waals surface area contributed by atoms with Gasteiger partial charge < -0.3 is 10.2 Å². The molecule has 2 aromatic rings. The lowest BCUT2D eigenvalue weighted by atomic mass is 10.1. The Bertz CT molecular complexity index is 698. The highest BCUT2D eigenvalue weighted by Crippen LogP contribution is 2.12. The maximum absolute atomic E-state index is 13.2. The molecular weight excluding hydrogens is 295 g/mol. The Morgan fingerprint density at radius 1 is 1.09 bits per heavy atom. The molecule has 0 bridgehead atoms. The van der Waals surface area contributed by atoms with Gasteiger partial charge in [-0.1, -0.05) is 24.3 Å². The summed E-state index contributed by atoms with van der Waals surface area (Å²) in [4.78, 5) is 24.8. The Morgan fingerprint density at radius 2 is 1.78 bits per heavy atom. The van der Waals surface area contributed by atoms with E-state index in [-0.39, 0.29) is 24.1 Å². The van der Waals surface area contributed by atoms with Crippen molar-refractivity contribution in [2.45, 2.75) is 19.9 Å². The largest absolute Gasteiger partial charge is 0.341 e. The Labute approximate surface area is 134 Å². The van der Waals surface area contributed by atoms with Crippen molar-refractivity contribution in [2.75, 3.05) is 12.4 Å². The fraction of sp³-hybridized carbons (Fsp3) is 0.222. The number of carbonyl (C=O) groups excluding carboxylic acids is 2. The summed E-state index contributed by atoms with van der Waals surface area (Å²) in [5.74, 6) is -0.498. The van der Waals surface area contributed by atoms with Crippen molar-refractivity contribution >= 4 is 17.5 Å². The molecular formula is C18H19FN2O2. The maximum atomic E-state index is 13.2. The standard InChI is InChI=1S/C18H19FN2O2/c1-13(22)20-17-8-6-14(7-9-17)11-18(23)21(2)12-15-4-3-5-16(19)10-15/h3-10H,11-12H2,1-2H3,(H,20,22). The number of hydrogen-bond donors (Lipinski definition) is 1. The van der Waals surface area contributed by atoms with Gasteiger partial charge in [0, 0.05) is 26.2 Å². The number of carbonyl (C=O) groups is 2. The van der Waals surface area contributed by atoms with Crippen LogP contribution in [-0.2, 0) is 22.6 Å². The molecule has 5 heteroatoms. The first-order chi connectivity index (χ1) is 10.9. The van der Waals surface area contributed by atoms with Gasteiger partial charge in [0.1, 0.15) is 5.82 Å². The predicted octanol–water partition coefficient (Wildman–Crippen LogP) is 2.99. The molecule has 2 amide bonds. The Kier molecular flexibility index (Phi) is 5.46. The molecule has 23 heavy (non-hydrogen) atoms. The predicted molar refractivity (Wildman–Crippen MR) is 87.3 cm³/mol. The topological polar surface area (TPSA) is 49.4 Å². The van der Waals surface area contributed by atoms with E-state index >= 15 is 0 Å². The molecule has 0 aliphatic heterocycles. The summed E-state index contributed by atoms with van der Waals surface area (Å²) < 4.78 is 13.2. The van der Waals surface area contributed by atoms with Gasteiger partial charge in [-0.2, -0.15) is 0 Å². The number of halogens is 1. The summed E-state index contributed by atoms with van der Waals surface area (Å²) in [5.41, 5.74) is 2.30. The minimum Gasteiger partial charge on any atom is -0.341 e. The van der Waals surface area contributed by atoms with Gasteiger partial charge in [-0.15, -0.1) is 0 Å². The Balaban J connectivity index is 1.94. The van der Waals surface area contributed by atoms with Gasteiger partial charge in [-0.25, -0.2) is 4.39 Å². The maximum Gasteiger partial charge on any atom is 0.227 e. The Morgan fingerprint density at radius 3 is 2.39 bits per heavy atom. The molecule has 0 aliphatic rings. The molecule has 4 nitrogen and oxygen atoms in total. The van der Waals surface area contributed by atoms with E-state index in [0.29, 0.717) is 12.2 Å². The molecule has 0 unspecified atom stereocenters. The molecule has 2 rings (SSSR count). The van der Waals surface area contributed by atoms with Crippen LogP contribution in [0.5, 0.6) is 0 Å². The van der Waals surface area contributed by atoms with Gasteiger partial charge in [0.25, 0.3) is 0 Å². The third kappa shape index (κ3) is 5.21. The summed E-state index contributed by atoms with van der Waals surface area (Å²) in [6, 6.07) is 13.3. The Hall–Kier alpha value is -2.69. The van der Waals surface area contributed by atoms with Crippen LogP contribution in [0.1, 0.15) is 18.1 Å². The summed E-state index contributed by atoms with van der Waals surface area (Å²) in [6.07, 6.45) is 0.256. The van der Waals surface area contributed by atoms with Crippen LogP contribution in [0.3, 0.4) is 0 Å². The van der Waals surface area contributed by atoms with Crippen LogP contribution in [0.25, 0.3) is 0 Å². The number of likely N-dealkylation sites (N-methyl/N-ethyl adjacent to an activating group) is 1. The van der Waals surface area contributed by atoms with E-state index in [2.05, 4.69) is 5.32 Å². The second-order valence-electron chi connectivity index (χ2n) is 5.43. The number of rotatable bonds is 5. The van der Waals surface area contributed by atoms with Crippen LogP contribution in [-0.4, -0.2) is 23.8 Å². The normalized spacial score (nSPS) is 10.2. The molecule has 0 atom stereocenters. The van der Waals surface area contributed by atoms with E-state index in [1.165, 1.54) is 19.1 Å². The monoisotopic (exact) mass is 314 g/mol. The van der Waals surface area contributed by atoms with Crippen LogP contribution in [0.2, 0.25) is 0 Å². The van der Waals surface area contributed by atoms with Crippen LogP contribution in [0.15, 0.2) is 48.5 Å². The quantitative estimate of drug-likeness (QED) is 0.922. The van der Waals surface area contributed by atoms with Gasteiger partial charge in [0.15, 0.2) is 0 Å². The van der Waals surface area contributed by atoms with Gasteiger partial charge in [-0.3, -0.25) is 9.59 Å². The lowest BCUT2D eigenvalue weighted by Crippen LogP contribution is -2.27. The number of benzene rings is 2. The molecule has 0 saturated carbocycles. The number of anilines is 1. The van der Waals surface area contributed by atoms with E-state index < -0.39 is 0 Å². The molecule has 0 spiro atoms. The van der Waals surface area contributed by atoms with Crippen molar-refractivity contribution in [1.82, 2.24) is 4.90 Å². The van der Waals surface area contributed by atoms with E-state index in [9.17, 15) is 14.0 Å². The average Bonchev–Trinajstić information content (AvgIpc) is 2.48. The van der Waals surface area contributed by atoms with E-state index in [0.717, 1.165) is 11.1 Å². The van der Waals surface area contributed by atoms with E-state index in [4.69, 9.17) is 0 Å². The highest BCUT2D eigenvalue weighted by Gasteiger charge is 2.10. The average molecular weight is 314 g/mol. The second-order valence-corrected chi connectivity index (χ2v) is 5.43. The summed E-state index contributed by atoms with van der Waals surface area (Å²) >= 11 is 0. The van der Waals surface area contributed by atoms with Crippen LogP contribution in [0.4, 0.5) is 10.1 Å². The van der Waals surface area contributed by atoms with Crippen LogP contribution >= 0.6 is 0 Å². The summed E-state index contributed by atoms with van der Waals surface area (Å²) in [7, 11) is 1.69. The molecule has 120 valence electrons. The van der Waals surface area contributed by atoms with Gasteiger partial charge in [0.05, 0.1) is 6.42 Å². The first-order valence-electron chi connectivity index (χ1n) is 7.29. The molecule has 1 N–H and O–H groups in total. The first-order valence-corrected chi connectivity index (χ1v) is 7.29. The second kappa shape index (κ2) is 7.54. The fourth-order valence-corrected chi connectivity index (χ4v) is 2.22. The van der Waals surface area contributed by atoms with Crippen molar-refractivity contribution in [1.29, 1.82) is 0 Å². The first kappa shape index (κ1) is 16.7. The van der Waals surface area contributed by atoms with Crippen molar-refractivity contribution in [3.63, 3.8) is 0 Å². The minimum atomic E-state index is -0.308. The molecule has 0 aromatic heterocycles. The third-order valence-electron chi connectivity index (χ3n) is 3.36. The lowest BCUT2D eigenvalue weighted by molar-refractivity contribution is -0.129. The lowest BCUT2D eigenvalue weighted by Gasteiger charge is -2.17. The van der Waals surface area contributed by atoms with Crippen LogP contribution in [0, 0.1) is 5.82 Å². The van der Waals surface area contributed by atoms with Gasteiger partial charge >= 0.3 is 0 Å². The van der Waals surface area contributed by atoms with E-state index in [1.807, 2.05) is 0 Å². The zero-order chi connectivity index (χ0) is 16.8. The summed E-state index contributed by atoms with van der Waals surface area (Å²) in [5, 5.41) is 2.68. The third-order valence-corrected chi connectivity index (χ3v) is 3.36. The smallest absolute Gasteiger partial charge is 0.227 e. The zero-order valence-corrected chi connectivity index (χ0v) is 13.2. The highest BCUT2D eigenvalue weighted by atomic mass is 19.1. The molecule has 0 fully saturated rings. The number of hydrogen-bond acceptors (Lipinski definition) is 2. The molecule has 0 aliphatic carbocycles. The van der Waals surface area contributed by atoms with Gasteiger partial charge in [-0.05, 0) is 35.4 Å². The van der Waals surface area contributed by atoms with Crippen molar-refractivity contribution in [2.24, 2.45) is 0 Å². The highest BCUT2D eigenvalue weighted by molar-refractivity contribution is 5.88. The molecule has 0 heterocycles. The van der Waals surface area contributed by atoms with Crippen molar-refractivity contribution < 1.29 is 14.0 Å². The molecule has 2 aromatic carbocycles.